The zero-order chi connectivity index (χ0) is 62.1. The third-order valence-corrected chi connectivity index (χ3v) is 15.6. The van der Waals surface area contributed by atoms with Gasteiger partial charge in [0.05, 0.1) is 33.8 Å². The molecule has 1 amide bonds. The number of hydrogen-bond acceptors (Lipinski definition) is 6. The predicted octanol–water partition coefficient (Wildman–Crippen LogP) is 22.0. The molecule has 0 aliphatic carbocycles. The van der Waals surface area contributed by atoms with Crippen LogP contribution in [-0.2, 0) is 27.9 Å². The Morgan fingerprint density at radius 3 is 1.16 bits per heavy atom. The molecule has 85 heavy (non-hydrogen) atoms. The quantitative estimate of drug-likeness (QED) is 0.0205. The average Bonchev–Trinajstić information content (AvgIpc) is 3.50. The van der Waals surface area contributed by atoms with Crippen LogP contribution >= 0.6 is 7.82 Å². The van der Waals surface area contributed by atoms with Crippen LogP contribution in [0.4, 0.5) is 0 Å². The van der Waals surface area contributed by atoms with Crippen molar-refractivity contribution in [1.29, 1.82) is 0 Å². The Balaban J connectivity index is 5.22. The second kappa shape index (κ2) is 63.2. The molecular weight excluding hydrogens is 1070 g/mol. The SMILES string of the molecule is CC/C=C\C/C=C\C/C=C\C/C=C\C/C=C\C/C=C\CCCCCCCCCCC(=O)OC(/C=C\CCCCCCCCCCCCC)C(COP(=O)(O)OCC[N+](C)(C)C)NC(=O)CCCCC/C=C\C/C=C\C/C=C\C/C=C\CCCCC. The highest BCUT2D eigenvalue weighted by Crippen LogP contribution is 2.43. The first-order valence-electron chi connectivity index (χ1n) is 34.5. The number of unbranched alkanes of at least 4 members (excludes halogenated alkanes) is 25. The molecule has 0 aromatic heterocycles. The minimum atomic E-state index is -4.47. The van der Waals surface area contributed by atoms with Crippen molar-refractivity contribution in [3.05, 3.63) is 134 Å². The van der Waals surface area contributed by atoms with Gasteiger partial charge in [0.1, 0.15) is 19.3 Å². The van der Waals surface area contributed by atoms with Gasteiger partial charge in [0.15, 0.2) is 0 Å². The first kappa shape index (κ1) is 81.2. The minimum Gasteiger partial charge on any atom is -0.456 e. The normalized spacial score (nSPS) is 14.4. The first-order chi connectivity index (χ1) is 41.4. The van der Waals surface area contributed by atoms with Crippen molar-refractivity contribution in [3.63, 3.8) is 0 Å². The summed E-state index contributed by atoms with van der Waals surface area (Å²) in [5.41, 5.74) is 0. The number of quaternary nitrogens is 1. The number of esters is 1. The maximum Gasteiger partial charge on any atom is 0.472 e. The van der Waals surface area contributed by atoms with Crippen LogP contribution in [0.1, 0.15) is 278 Å². The summed E-state index contributed by atoms with van der Waals surface area (Å²) in [7, 11) is 1.45. The molecule has 0 saturated carbocycles. The van der Waals surface area contributed by atoms with Gasteiger partial charge in [-0.3, -0.25) is 18.6 Å². The van der Waals surface area contributed by atoms with E-state index in [-0.39, 0.29) is 37.9 Å². The molecule has 0 fully saturated rings. The Labute approximate surface area is 524 Å². The van der Waals surface area contributed by atoms with Crippen LogP contribution in [0.25, 0.3) is 0 Å². The van der Waals surface area contributed by atoms with Crippen molar-refractivity contribution in [3.8, 4) is 0 Å². The van der Waals surface area contributed by atoms with Crippen LogP contribution in [0.3, 0.4) is 0 Å². The highest BCUT2D eigenvalue weighted by Gasteiger charge is 2.30. The third kappa shape index (κ3) is 64.5. The molecule has 10 heteroatoms. The Kier molecular flexibility index (Phi) is 60.3. The number of phosphoric ester groups is 1. The lowest BCUT2D eigenvalue weighted by Gasteiger charge is -2.27. The van der Waals surface area contributed by atoms with Gasteiger partial charge in [-0.05, 0) is 128 Å². The van der Waals surface area contributed by atoms with Gasteiger partial charge in [0.2, 0.25) is 5.91 Å². The van der Waals surface area contributed by atoms with Gasteiger partial charge < -0.3 is 19.4 Å². The zero-order valence-corrected chi connectivity index (χ0v) is 56.4. The summed E-state index contributed by atoms with van der Waals surface area (Å²) in [5, 5.41) is 3.04. The van der Waals surface area contributed by atoms with Gasteiger partial charge in [0, 0.05) is 12.8 Å². The van der Waals surface area contributed by atoms with Crippen LogP contribution in [-0.4, -0.2) is 74.3 Å². The topological polar surface area (TPSA) is 111 Å². The number of hydrogen-bond donors (Lipinski definition) is 2. The van der Waals surface area contributed by atoms with E-state index in [2.05, 4.69) is 148 Å². The second-order valence-corrected chi connectivity index (χ2v) is 25.4. The van der Waals surface area contributed by atoms with Gasteiger partial charge >= 0.3 is 13.8 Å². The monoisotopic (exact) mass is 1200 g/mol. The number of rotatable bonds is 61. The van der Waals surface area contributed by atoms with Crippen LogP contribution in [0.15, 0.2) is 134 Å². The van der Waals surface area contributed by atoms with Gasteiger partial charge in [-0.1, -0.05) is 270 Å². The number of carbonyl (C=O) groups excluding carboxylic acids is 2. The molecule has 3 unspecified atom stereocenters. The van der Waals surface area contributed by atoms with E-state index in [0.29, 0.717) is 17.4 Å². The highest BCUT2D eigenvalue weighted by molar-refractivity contribution is 7.47. The number of nitrogens with zero attached hydrogens (tertiary/aromatic N) is 1. The fourth-order valence-electron chi connectivity index (χ4n) is 9.28. The molecule has 0 bridgehead atoms. The van der Waals surface area contributed by atoms with Crippen molar-refractivity contribution in [2.45, 2.75) is 290 Å². The van der Waals surface area contributed by atoms with Crippen molar-refractivity contribution in [2.24, 2.45) is 0 Å². The van der Waals surface area contributed by atoms with E-state index in [1.54, 1.807) is 0 Å². The molecule has 0 aromatic rings. The summed E-state index contributed by atoms with van der Waals surface area (Å²) in [5.74, 6) is -0.556. The molecular formula is C75H130N2O7P+. The Morgan fingerprint density at radius 1 is 0.424 bits per heavy atom. The molecule has 0 rings (SSSR count). The number of allylic oxidation sites excluding steroid dienone is 21. The third-order valence-electron chi connectivity index (χ3n) is 14.6. The molecule has 0 aliphatic rings. The summed E-state index contributed by atoms with van der Waals surface area (Å²) in [6, 6.07) is -0.879. The summed E-state index contributed by atoms with van der Waals surface area (Å²) in [6.07, 6.45) is 90.3. The number of ether oxygens (including phenoxy) is 1. The fourth-order valence-corrected chi connectivity index (χ4v) is 10.0. The van der Waals surface area contributed by atoms with E-state index in [1.165, 1.54) is 109 Å². The van der Waals surface area contributed by atoms with E-state index in [0.717, 1.165) is 128 Å². The summed E-state index contributed by atoms with van der Waals surface area (Å²) >= 11 is 0. The molecule has 0 radical (unpaired) electrons. The van der Waals surface area contributed by atoms with E-state index < -0.39 is 20.0 Å². The van der Waals surface area contributed by atoms with E-state index in [9.17, 15) is 19.0 Å². The highest BCUT2D eigenvalue weighted by atomic mass is 31.2. The van der Waals surface area contributed by atoms with Crippen molar-refractivity contribution in [2.75, 3.05) is 40.9 Å². The van der Waals surface area contributed by atoms with E-state index >= 15 is 0 Å². The standard InChI is InChI=1S/C75H129N2O7P/c1-7-10-13-16-19-22-25-28-30-32-34-35-36-37-38-39-40-41-43-45-47-50-53-56-59-62-65-68-75(79)84-73(66-63-60-57-54-51-48-27-24-21-18-15-12-9-3)72(71-83-85(80,81)82-70-69-77(4,5)6)76-74(78)67-64-61-58-55-52-49-46-44-42-33-31-29-26-23-20-17-14-11-8-2/h10,13,19-20,22-23,28-31,34-35,37-38,40-42,44,49,52,63,66,72-73H,7-9,11-12,14-18,21,24-27,32-33,36,39,43,45-48,50-51,53-62,64-65,67-71H2,1-6H3,(H-,76,78,80,81)/p+1/b13-10-,22-19-,23-20-,30-28-,31-29-,35-34-,38-37-,41-40-,44-42-,52-49-,66-63-. The maximum atomic E-state index is 13.6. The largest absolute Gasteiger partial charge is 0.472 e. The van der Waals surface area contributed by atoms with Crippen LogP contribution in [0, 0.1) is 0 Å². The van der Waals surface area contributed by atoms with Gasteiger partial charge in [-0.25, -0.2) is 4.57 Å². The van der Waals surface area contributed by atoms with Crippen molar-refractivity contribution < 1.29 is 37.3 Å². The molecule has 0 aliphatic heterocycles. The molecule has 0 saturated heterocycles. The van der Waals surface area contributed by atoms with E-state index in [1.807, 2.05) is 33.3 Å². The first-order valence-corrected chi connectivity index (χ1v) is 36.0. The molecule has 0 spiro atoms. The smallest absolute Gasteiger partial charge is 0.456 e. The summed E-state index contributed by atoms with van der Waals surface area (Å²) in [6.45, 7) is 6.84. The van der Waals surface area contributed by atoms with Gasteiger partial charge in [0.25, 0.3) is 0 Å². The fraction of sp³-hybridized carbons (Fsp3) is 0.680. The molecule has 3 atom stereocenters. The Bertz CT molecular complexity index is 1920. The summed E-state index contributed by atoms with van der Waals surface area (Å²) in [4.78, 5) is 37.9. The predicted molar refractivity (Wildman–Crippen MR) is 369 cm³/mol. The van der Waals surface area contributed by atoms with Gasteiger partial charge in [-0.15, -0.1) is 0 Å². The summed E-state index contributed by atoms with van der Waals surface area (Å²) < 4.78 is 30.8. The molecule has 0 aromatic carbocycles. The van der Waals surface area contributed by atoms with Crippen LogP contribution in [0.5, 0.6) is 0 Å². The molecule has 2 N–H and O–H groups in total. The van der Waals surface area contributed by atoms with Gasteiger partial charge in [-0.2, -0.15) is 0 Å². The Morgan fingerprint density at radius 2 is 0.753 bits per heavy atom. The van der Waals surface area contributed by atoms with Crippen molar-refractivity contribution in [1.82, 2.24) is 5.32 Å². The molecule has 486 valence electrons. The molecule has 9 nitrogen and oxygen atoms in total. The lowest BCUT2D eigenvalue weighted by molar-refractivity contribution is -0.870. The second-order valence-electron chi connectivity index (χ2n) is 24.0. The number of carbonyl (C=O) groups is 2. The number of phosphoric acid groups is 1. The molecule has 0 heterocycles. The van der Waals surface area contributed by atoms with Crippen LogP contribution < -0.4 is 5.32 Å². The maximum absolute atomic E-state index is 13.6. The van der Waals surface area contributed by atoms with Crippen molar-refractivity contribution >= 4 is 19.7 Å². The zero-order valence-electron chi connectivity index (χ0n) is 55.6. The lowest BCUT2D eigenvalue weighted by Crippen LogP contribution is -2.47. The Hall–Kier alpha value is -3.85. The number of likely N-dealkylation sites (N-methyl/N-ethyl adjacent to an activating group) is 1. The minimum absolute atomic E-state index is 0.0255. The van der Waals surface area contributed by atoms with Crippen LogP contribution in [0.2, 0.25) is 0 Å². The lowest BCUT2D eigenvalue weighted by atomic mass is 10.0. The average molecular weight is 1200 g/mol. The number of nitrogens with one attached hydrogen (secondary N) is 1. The van der Waals surface area contributed by atoms with E-state index in [4.69, 9.17) is 13.8 Å². The number of amides is 1.